The minimum Gasteiger partial charge on any atom is -0.397 e. The van der Waals surface area contributed by atoms with Gasteiger partial charge in [0.2, 0.25) is 15.9 Å². The van der Waals surface area contributed by atoms with E-state index in [1.54, 1.807) is 48.6 Å². The highest BCUT2D eigenvalue weighted by molar-refractivity contribution is 7.88. The average molecular weight is 487 g/mol. The third kappa shape index (κ3) is 6.88. The highest BCUT2D eigenvalue weighted by Gasteiger charge is 2.22. The number of sulfonamides is 1. The second-order valence-corrected chi connectivity index (χ2v) is 10.2. The van der Waals surface area contributed by atoms with Crippen LogP contribution in [0.5, 0.6) is 0 Å². The maximum absolute atomic E-state index is 12.8. The lowest BCUT2D eigenvalue weighted by molar-refractivity contribution is -0.122. The van der Waals surface area contributed by atoms with Crippen LogP contribution >= 0.6 is 11.3 Å². The number of carbonyl (C=O) groups is 2. The van der Waals surface area contributed by atoms with Crippen LogP contribution in [0.2, 0.25) is 0 Å². The van der Waals surface area contributed by atoms with Crippen molar-refractivity contribution < 1.29 is 18.0 Å². The Hall–Kier alpha value is -3.21. The molecule has 8 nitrogen and oxygen atoms in total. The van der Waals surface area contributed by atoms with Crippen LogP contribution in [0.4, 0.5) is 11.4 Å². The molecule has 2 amide bonds. The fourth-order valence-corrected chi connectivity index (χ4v) is 4.66. The largest absolute Gasteiger partial charge is 0.397 e. The van der Waals surface area contributed by atoms with Gasteiger partial charge in [-0.25, -0.2) is 13.1 Å². The summed E-state index contributed by atoms with van der Waals surface area (Å²) >= 11 is 1.60. The van der Waals surface area contributed by atoms with Gasteiger partial charge in [-0.2, -0.15) is 0 Å². The molecular weight excluding hydrogens is 460 g/mol. The van der Waals surface area contributed by atoms with Crippen LogP contribution in [-0.4, -0.2) is 39.1 Å². The Bertz CT molecular complexity index is 1220. The van der Waals surface area contributed by atoms with Gasteiger partial charge < -0.3 is 16.4 Å². The summed E-state index contributed by atoms with van der Waals surface area (Å²) in [7, 11) is -3.57. The first-order chi connectivity index (χ1) is 15.7. The van der Waals surface area contributed by atoms with E-state index in [0.717, 1.165) is 16.7 Å². The highest BCUT2D eigenvalue weighted by Crippen LogP contribution is 2.30. The van der Waals surface area contributed by atoms with Crippen molar-refractivity contribution in [1.29, 1.82) is 0 Å². The van der Waals surface area contributed by atoms with Gasteiger partial charge in [-0.3, -0.25) is 9.59 Å². The van der Waals surface area contributed by atoms with E-state index in [4.69, 9.17) is 5.73 Å². The molecule has 1 unspecified atom stereocenters. The minimum atomic E-state index is -3.57. The molecule has 1 heterocycles. The van der Waals surface area contributed by atoms with Gasteiger partial charge >= 0.3 is 0 Å². The minimum absolute atomic E-state index is 0.149. The van der Waals surface area contributed by atoms with Gasteiger partial charge in [-0.1, -0.05) is 24.3 Å². The van der Waals surface area contributed by atoms with E-state index in [2.05, 4.69) is 15.4 Å². The zero-order chi connectivity index (χ0) is 24.0. The Morgan fingerprint density at radius 3 is 2.42 bits per heavy atom. The topological polar surface area (TPSA) is 130 Å². The molecule has 0 aliphatic rings. The Balaban J connectivity index is 1.72. The van der Waals surface area contributed by atoms with Gasteiger partial charge in [-0.15, -0.1) is 11.3 Å². The molecule has 0 spiro atoms. The molecule has 5 N–H and O–H groups in total. The molecule has 174 valence electrons. The molecule has 3 aromatic rings. The average Bonchev–Trinajstić information content (AvgIpc) is 3.29. The zero-order valence-corrected chi connectivity index (χ0v) is 19.9. The number of hydrogen-bond acceptors (Lipinski definition) is 6. The summed E-state index contributed by atoms with van der Waals surface area (Å²) in [6.07, 6.45) is 1.16. The van der Waals surface area contributed by atoms with Gasteiger partial charge in [0.15, 0.2) is 0 Å². The third-order valence-electron chi connectivity index (χ3n) is 4.79. The SMILES string of the molecule is CCNC(=O)C(Cc1ccc(C(=O)Nc2cc(-c3cccs3)ccc2N)cc1)NS(C)(=O)=O. The lowest BCUT2D eigenvalue weighted by Gasteiger charge is -2.17. The predicted molar refractivity (Wildman–Crippen MR) is 133 cm³/mol. The van der Waals surface area contributed by atoms with Gasteiger partial charge in [0.05, 0.1) is 17.6 Å². The summed E-state index contributed by atoms with van der Waals surface area (Å²) in [6, 6.07) is 15.1. The van der Waals surface area contributed by atoms with Gasteiger partial charge in [0, 0.05) is 17.0 Å². The number of nitrogen functional groups attached to an aromatic ring is 1. The molecule has 0 aliphatic heterocycles. The molecule has 2 aromatic carbocycles. The number of rotatable bonds is 9. The second kappa shape index (κ2) is 10.6. The summed E-state index contributed by atoms with van der Waals surface area (Å²) in [6.45, 7) is 2.14. The summed E-state index contributed by atoms with van der Waals surface area (Å²) in [4.78, 5) is 26.1. The Morgan fingerprint density at radius 2 is 1.82 bits per heavy atom. The van der Waals surface area contributed by atoms with Crippen molar-refractivity contribution in [3.63, 3.8) is 0 Å². The van der Waals surface area contributed by atoms with Crippen LogP contribution in [0.25, 0.3) is 10.4 Å². The molecule has 1 aromatic heterocycles. The Kier molecular flexibility index (Phi) is 7.85. The molecule has 0 saturated carbocycles. The molecule has 33 heavy (non-hydrogen) atoms. The van der Waals surface area contributed by atoms with Crippen LogP contribution < -0.4 is 21.1 Å². The smallest absolute Gasteiger partial charge is 0.255 e. The lowest BCUT2D eigenvalue weighted by Crippen LogP contribution is -2.47. The molecule has 0 saturated heterocycles. The first-order valence-corrected chi connectivity index (χ1v) is 13.0. The molecule has 10 heteroatoms. The van der Waals surface area contributed by atoms with E-state index < -0.39 is 22.0 Å². The fraction of sp³-hybridized carbons (Fsp3) is 0.217. The van der Waals surface area contributed by atoms with Crippen LogP contribution in [-0.2, 0) is 21.2 Å². The van der Waals surface area contributed by atoms with E-state index >= 15 is 0 Å². The van der Waals surface area contributed by atoms with E-state index in [-0.39, 0.29) is 12.3 Å². The van der Waals surface area contributed by atoms with Crippen molar-refractivity contribution in [3.8, 4) is 10.4 Å². The van der Waals surface area contributed by atoms with Crippen molar-refractivity contribution in [1.82, 2.24) is 10.0 Å². The van der Waals surface area contributed by atoms with E-state index in [1.807, 2.05) is 29.6 Å². The molecule has 0 fully saturated rings. The quantitative estimate of drug-likeness (QED) is 0.346. The molecule has 1 atom stereocenters. The van der Waals surface area contributed by atoms with Gasteiger partial charge in [-0.05, 0) is 60.2 Å². The Morgan fingerprint density at radius 1 is 1.09 bits per heavy atom. The van der Waals surface area contributed by atoms with Gasteiger partial charge in [0.1, 0.15) is 6.04 Å². The monoisotopic (exact) mass is 486 g/mol. The number of hydrogen-bond donors (Lipinski definition) is 4. The molecule has 3 rings (SSSR count). The summed E-state index contributed by atoms with van der Waals surface area (Å²) in [5.74, 6) is -0.739. The van der Waals surface area contributed by atoms with Crippen molar-refractivity contribution >= 4 is 44.5 Å². The standard InChI is InChI=1S/C23H26N4O4S2/c1-3-25-23(29)20(27-33(2,30)31)13-15-6-8-16(9-7-15)22(28)26-19-14-17(10-11-18(19)24)21-5-4-12-32-21/h4-12,14,20,27H,3,13,24H2,1-2H3,(H,25,29)(H,26,28). The number of thiophene rings is 1. The molecule has 0 radical (unpaired) electrons. The van der Waals surface area contributed by atoms with Gasteiger partial charge in [0.25, 0.3) is 5.91 Å². The van der Waals surface area contributed by atoms with E-state index in [0.29, 0.717) is 29.0 Å². The highest BCUT2D eigenvalue weighted by atomic mass is 32.2. The maximum Gasteiger partial charge on any atom is 0.255 e. The van der Waals surface area contributed by atoms with Crippen LogP contribution in [0.15, 0.2) is 60.0 Å². The number of likely N-dealkylation sites (N-methyl/N-ethyl adjacent to an activating group) is 1. The third-order valence-corrected chi connectivity index (χ3v) is 6.42. The Labute approximate surface area is 197 Å². The normalized spacial score (nSPS) is 12.2. The van der Waals surface area contributed by atoms with Crippen molar-refractivity contribution in [2.75, 3.05) is 23.9 Å². The van der Waals surface area contributed by atoms with Crippen LogP contribution in [0, 0.1) is 0 Å². The number of nitrogens with one attached hydrogen (secondary N) is 3. The summed E-state index contributed by atoms with van der Waals surface area (Å²) < 4.78 is 25.6. The second-order valence-electron chi connectivity index (χ2n) is 7.47. The summed E-state index contributed by atoms with van der Waals surface area (Å²) in [5, 5.41) is 7.44. The molecule has 0 bridgehead atoms. The van der Waals surface area contributed by atoms with Crippen molar-refractivity contribution in [2.45, 2.75) is 19.4 Å². The number of anilines is 2. The van der Waals surface area contributed by atoms with Crippen molar-refractivity contribution in [3.05, 3.63) is 71.1 Å². The van der Waals surface area contributed by atoms with Crippen molar-refractivity contribution in [2.24, 2.45) is 0 Å². The maximum atomic E-state index is 12.8. The molecule has 0 aliphatic carbocycles. The predicted octanol–water partition coefficient (Wildman–Crippen LogP) is 2.85. The first kappa shape index (κ1) is 24.4. The molecular formula is C23H26N4O4S2. The number of nitrogens with two attached hydrogens (primary N) is 1. The van der Waals surface area contributed by atoms with Crippen LogP contribution in [0.3, 0.4) is 0 Å². The van der Waals surface area contributed by atoms with E-state index in [9.17, 15) is 18.0 Å². The lowest BCUT2D eigenvalue weighted by atomic mass is 10.0. The zero-order valence-electron chi connectivity index (χ0n) is 18.3. The number of benzene rings is 2. The van der Waals surface area contributed by atoms with E-state index in [1.165, 1.54) is 0 Å². The number of amides is 2. The summed E-state index contributed by atoms with van der Waals surface area (Å²) in [5.41, 5.74) is 9.09. The first-order valence-electron chi connectivity index (χ1n) is 10.2. The number of carbonyl (C=O) groups excluding carboxylic acids is 2. The fourth-order valence-electron chi connectivity index (χ4n) is 3.23. The van der Waals surface area contributed by atoms with Crippen LogP contribution in [0.1, 0.15) is 22.8 Å².